The summed E-state index contributed by atoms with van der Waals surface area (Å²) in [6.45, 7) is -0.00884. The van der Waals surface area contributed by atoms with E-state index in [1.54, 1.807) is 0 Å². The average Bonchev–Trinajstić information content (AvgIpc) is 2.85. The van der Waals surface area contributed by atoms with Crippen LogP contribution in [0.5, 0.6) is 0 Å². The quantitative estimate of drug-likeness (QED) is 0.808. The van der Waals surface area contributed by atoms with Crippen LogP contribution in [-0.2, 0) is 18.9 Å². The van der Waals surface area contributed by atoms with Crippen molar-refractivity contribution < 1.29 is 26.3 Å². The van der Waals surface area contributed by atoms with Gasteiger partial charge in [-0.15, -0.1) is 12.4 Å². The van der Waals surface area contributed by atoms with Crippen molar-refractivity contribution in [1.29, 1.82) is 0 Å². The van der Waals surface area contributed by atoms with Gasteiger partial charge in [0.25, 0.3) is 0 Å². The summed E-state index contributed by atoms with van der Waals surface area (Å²) in [6.07, 6.45) is -8.57. The third-order valence-corrected chi connectivity index (χ3v) is 2.71. The molecule has 0 unspecified atom stereocenters. The molecule has 122 valence electrons. The highest BCUT2D eigenvalue weighted by Crippen LogP contribution is 2.38. The molecular weight excluding hydrogens is 336 g/mol. The van der Waals surface area contributed by atoms with E-state index >= 15 is 0 Å². The zero-order valence-corrected chi connectivity index (χ0v) is 11.5. The van der Waals surface area contributed by atoms with Gasteiger partial charge in [-0.25, -0.2) is 4.98 Å². The number of nitrogens with two attached hydrogens (primary N) is 1. The standard InChI is InChI=1S/C12H9F6N3.ClH/c13-11(14,15)7-1-6(2-8(3-7)12(16,17)18)9-5-20-10(4-19)21-9;/h1-3,5H,4,19H2,(H,20,21);1H. The Hall–Kier alpha value is -1.74. The van der Waals surface area contributed by atoms with E-state index in [9.17, 15) is 26.3 Å². The number of nitrogens with zero attached hydrogens (tertiary/aromatic N) is 1. The first kappa shape index (κ1) is 18.3. The third kappa shape index (κ3) is 3.92. The van der Waals surface area contributed by atoms with Gasteiger partial charge in [0.15, 0.2) is 0 Å². The van der Waals surface area contributed by atoms with Gasteiger partial charge in [-0.05, 0) is 18.2 Å². The highest BCUT2D eigenvalue weighted by atomic mass is 35.5. The molecule has 1 heterocycles. The van der Waals surface area contributed by atoms with Gasteiger partial charge in [-0.1, -0.05) is 0 Å². The first-order chi connectivity index (χ1) is 9.61. The number of aromatic amines is 1. The van der Waals surface area contributed by atoms with Crippen LogP contribution in [0.25, 0.3) is 11.3 Å². The number of H-pyrrole nitrogens is 1. The Bertz CT molecular complexity index is 615. The van der Waals surface area contributed by atoms with Crippen LogP contribution in [0.1, 0.15) is 17.0 Å². The molecule has 0 saturated heterocycles. The highest BCUT2D eigenvalue weighted by molar-refractivity contribution is 5.85. The minimum absolute atomic E-state index is 0. The SMILES string of the molecule is Cl.NCc1nc(-c2cc(C(F)(F)F)cc(C(F)(F)F)c2)c[nH]1. The maximum Gasteiger partial charge on any atom is 0.416 e. The first-order valence-corrected chi connectivity index (χ1v) is 5.65. The van der Waals surface area contributed by atoms with Crippen LogP contribution < -0.4 is 5.73 Å². The lowest BCUT2D eigenvalue weighted by Gasteiger charge is -2.13. The molecule has 2 aromatic rings. The molecule has 2 rings (SSSR count). The minimum Gasteiger partial charge on any atom is -0.347 e. The van der Waals surface area contributed by atoms with Crippen molar-refractivity contribution in [1.82, 2.24) is 9.97 Å². The monoisotopic (exact) mass is 345 g/mol. The highest BCUT2D eigenvalue weighted by Gasteiger charge is 2.37. The zero-order chi connectivity index (χ0) is 15.8. The number of aromatic nitrogens is 2. The van der Waals surface area contributed by atoms with Crippen molar-refractivity contribution in [3.8, 4) is 11.3 Å². The van der Waals surface area contributed by atoms with Gasteiger partial charge in [0, 0.05) is 11.8 Å². The number of hydrogen-bond donors (Lipinski definition) is 2. The Kier molecular flexibility index (Phi) is 5.14. The maximum absolute atomic E-state index is 12.7. The molecule has 0 saturated carbocycles. The van der Waals surface area contributed by atoms with E-state index in [0.29, 0.717) is 12.1 Å². The summed E-state index contributed by atoms with van der Waals surface area (Å²) in [6, 6.07) is 1.30. The lowest BCUT2D eigenvalue weighted by atomic mass is 10.0. The summed E-state index contributed by atoms with van der Waals surface area (Å²) in [5, 5.41) is 0. The van der Waals surface area contributed by atoms with Crippen LogP contribution >= 0.6 is 12.4 Å². The van der Waals surface area contributed by atoms with E-state index in [1.165, 1.54) is 6.20 Å². The summed E-state index contributed by atoms with van der Waals surface area (Å²) in [4.78, 5) is 6.40. The van der Waals surface area contributed by atoms with Crippen LogP contribution in [0.2, 0.25) is 0 Å². The molecular formula is C12H10ClF6N3. The third-order valence-electron chi connectivity index (χ3n) is 2.71. The van der Waals surface area contributed by atoms with Crippen molar-refractivity contribution in [2.45, 2.75) is 18.9 Å². The Morgan fingerprint density at radius 3 is 1.82 bits per heavy atom. The molecule has 0 atom stereocenters. The Morgan fingerprint density at radius 2 is 1.45 bits per heavy atom. The molecule has 3 nitrogen and oxygen atoms in total. The van der Waals surface area contributed by atoms with Gasteiger partial charge >= 0.3 is 12.4 Å². The molecule has 0 fully saturated rings. The van der Waals surface area contributed by atoms with Crippen molar-refractivity contribution in [2.24, 2.45) is 5.73 Å². The fraction of sp³-hybridized carbons (Fsp3) is 0.250. The van der Waals surface area contributed by atoms with Crippen molar-refractivity contribution in [3.63, 3.8) is 0 Å². The summed E-state index contributed by atoms with van der Waals surface area (Å²) >= 11 is 0. The molecule has 10 heteroatoms. The smallest absolute Gasteiger partial charge is 0.347 e. The van der Waals surface area contributed by atoms with Gasteiger partial charge in [0.2, 0.25) is 0 Å². The summed E-state index contributed by atoms with van der Waals surface area (Å²) < 4.78 is 76.2. The number of imidazole rings is 1. The molecule has 3 N–H and O–H groups in total. The molecule has 0 amide bonds. The number of halogens is 7. The van der Waals surface area contributed by atoms with Crippen LogP contribution in [0.15, 0.2) is 24.4 Å². The Morgan fingerprint density at radius 1 is 0.955 bits per heavy atom. The van der Waals surface area contributed by atoms with E-state index in [1.807, 2.05) is 0 Å². The minimum atomic E-state index is -4.89. The summed E-state index contributed by atoms with van der Waals surface area (Å²) in [5.41, 5.74) is 2.20. The molecule has 0 spiro atoms. The molecule has 0 bridgehead atoms. The van der Waals surface area contributed by atoms with Crippen molar-refractivity contribution in [3.05, 3.63) is 41.3 Å². The average molecular weight is 346 g/mol. The normalized spacial score (nSPS) is 12.1. The number of nitrogens with one attached hydrogen (secondary N) is 1. The van der Waals surface area contributed by atoms with E-state index in [4.69, 9.17) is 5.73 Å². The number of benzene rings is 1. The van der Waals surface area contributed by atoms with Crippen LogP contribution in [0.3, 0.4) is 0 Å². The van der Waals surface area contributed by atoms with Crippen molar-refractivity contribution in [2.75, 3.05) is 0 Å². The Balaban J connectivity index is 0.00000242. The lowest BCUT2D eigenvalue weighted by molar-refractivity contribution is -0.143. The van der Waals surface area contributed by atoms with Crippen LogP contribution in [-0.4, -0.2) is 9.97 Å². The molecule has 0 aliphatic carbocycles. The second-order valence-electron chi connectivity index (χ2n) is 4.23. The maximum atomic E-state index is 12.7. The first-order valence-electron chi connectivity index (χ1n) is 5.65. The topological polar surface area (TPSA) is 54.7 Å². The number of rotatable bonds is 2. The van der Waals surface area contributed by atoms with Gasteiger partial charge in [0.05, 0.1) is 23.4 Å². The number of alkyl halides is 6. The second kappa shape index (κ2) is 6.17. The van der Waals surface area contributed by atoms with E-state index in [-0.39, 0.29) is 42.1 Å². The fourth-order valence-corrected chi connectivity index (χ4v) is 1.72. The zero-order valence-electron chi connectivity index (χ0n) is 10.7. The van der Waals surface area contributed by atoms with Crippen molar-refractivity contribution >= 4 is 12.4 Å². The van der Waals surface area contributed by atoms with E-state index in [2.05, 4.69) is 9.97 Å². The molecule has 0 radical (unpaired) electrons. The van der Waals surface area contributed by atoms with Crippen LogP contribution in [0, 0.1) is 0 Å². The molecule has 1 aromatic heterocycles. The summed E-state index contributed by atoms with van der Waals surface area (Å²) in [5.74, 6) is 0.260. The lowest BCUT2D eigenvalue weighted by Crippen LogP contribution is -2.11. The molecule has 0 aliphatic heterocycles. The predicted octanol–water partition coefficient (Wildman–Crippen LogP) is 3.99. The summed E-state index contributed by atoms with van der Waals surface area (Å²) in [7, 11) is 0. The van der Waals surface area contributed by atoms with E-state index in [0.717, 1.165) is 0 Å². The fourth-order valence-electron chi connectivity index (χ4n) is 1.72. The molecule has 1 aromatic carbocycles. The van der Waals surface area contributed by atoms with Crippen LogP contribution in [0.4, 0.5) is 26.3 Å². The second-order valence-corrected chi connectivity index (χ2v) is 4.23. The Labute approximate surface area is 126 Å². The largest absolute Gasteiger partial charge is 0.416 e. The van der Waals surface area contributed by atoms with Gasteiger partial charge < -0.3 is 10.7 Å². The van der Waals surface area contributed by atoms with Gasteiger partial charge in [-0.3, -0.25) is 0 Å². The molecule has 22 heavy (non-hydrogen) atoms. The van der Waals surface area contributed by atoms with E-state index < -0.39 is 23.5 Å². The predicted molar refractivity (Wildman–Crippen MR) is 69.2 cm³/mol. The molecule has 0 aliphatic rings. The van der Waals surface area contributed by atoms with Gasteiger partial charge in [0.1, 0.15) is 5.82 Å². The number of hydrogen-bond acceptors (Lipinski definition) is 2. The van der Waals surface area contributed by atoms with Gasteiger partial charge in [-0.2, -0.15) is 26.3 Å².